The minimum Gasteiger partial charge on any atom is -0.379 e. The van der Waals surface area contributed by atoms with Gasteiger partial charge >= 0.3 is 0 Å². The van der Waals surface area contributed by atoms with E-state index in [0.29, 0.717) is 6.61 Å². The van der Waals surface area contributed by atoms with Crippen molar-refractivity contribution in [1.82, 2.24) is 4.98 Å². The Kier molecular flexibility index (Phi) is 3.25. The third-order valence-corrected chi connectivity index (χ3v) is 2.31. The number of hydrogen-bond acceptors (Lipinski definition) is 3. The summed E-state index contributed by atoms with van der Waals surface area (Å²) in [7, 11) is 0. The van der Waals surface area contributed by atoms with Gasteiger partial charge in [0.1, 0.15) is 0 Å². The summed E-state index contributed by atoms with van der Waals surface area (Å²) in [4.78, 5) is 3.95. The van der Waals surface area contributed by atoms with Crippen molar-refractivity contribution in [1.29, 1.82) is 0 Å². The van der Waals surface area contributed by atoms with Gasteiger partial charge in [-0.2, -0.15) is 0 Å². The van der Waals surface area contributed by atoms with Gasteiger partial charge in [0.25, 0.3) is 0 Å². The Morgan fingerprint density at radius 1 is 1.38 bits per heavy atom. The monoisotopic (exact) mass is 200 g/mol. The van der Waals surface area contributed by atoms with E-state index in [1.54, 1.807) is 12.4 Å². The average Bonchev–Trinajstić information content (AvgIpc) is 2.55. The number of nitrogens with zero attached hydrogens (tertiary/aromatic N) is 1. The van der Waals surface area contributed by atoms with Crippen molar-refractivity contribution in [3.8, 4) is 0 Å². The van der Waals surface area contributed by atoms with Gasteiger partial charge < -0.3 is 10.5 Å². The fraction of sp³-hybridized carbons (Fsp3) is 0.444. The van der Waals surface area contributed by atoms with E-state index in [9.17, 15) is 0 Å². The van der Waals surface area contributed by atoms with E-state index in [1.807, 2.05) is 12.1 Å². The van der Waals surface area contributed by atoms with E-state index >= 15 is 0 Å². The third kappa shape index (κ3) is 1.99. The summed E-state index contributed by atoms with van der Waals surface area (Å²) in [5.74, 6) is 0. The zero-order valence-electron chi connectivity index (χ0n) is 7.27. The third-order valence-electron chi connectivity index (χ3n) is 2.31. The largest absolute Gasteiger partial charge is 0.379 e. The molecule has 1 unspecified atom stereocenters. The van der Waals surface area contributed by atoms with E-state index in [-0.39, 0.29) is 17.9 Å². The van der Waals surface area contributed by atoms with Gasteiger partial charge in [0, 0.05) is 19.0 Å². The number of halogens is 1. The molecule has 0 aromatic carbocycles. The highest BCUT2D eigenvalue weighted by atomic mass is 35.5. The molecule has 3 nitrogen and oxygen atoms in total. The second-order valence-corrected chi connectivity index (χ2v) is 3.19. The van der Waals surface area contributed by atoms with Crippen LogP contribution in [0.5, 0.6) is 0 Å². The van der Waals surface area contributed by atoms with Gasteiger partial charge in [-0.15, -0.1) is 12.4 Å². The molecule has 1 aliphatic rings. The zero-order valence-corrected chi connectivity index (χ0v) is 8.09. The Balaban J connectivity index is 0.000000845. The first-order valence-electron chi connectivity index (χ1n) is 4.08. The van der Waals surface area contributed by atoms with Crippen LogP contribution in [0.3, 0.4) is 0 Å². The fourth-order valence-corrected chi connectivity index (χ4v) is 1.49. The average molecular weight is 201 g/mol. The molecule has 4 heteroatoms. The zero-order chi connectivity index (χ0) is 8.44. The molecule has 1 aliphatic heterocycles. The fourth-order valence-electron chi connectivity index (χ4n) is 1.49. The summed E-state index contributed by atoms with van der Waals surface area (Å²) in [6, 6.07) is 3.91. The highest BCUT2D eigenvalue weighted by Crippen LogP contribution is 2.26. The Morgan fingerprint density at radius 2 is 2.08 bits per heavy atom. The summed E-state index contributed by atoms with van der Waals surface area (Å²) in [6.07, 6.45) is 4.43. The molecule has 1 aromatic heterocycles. The smallest absolute Gasteiger partial charge is 0.0689 e. The van der Waals surface area contributed by atoms with Crippen molar-refractivity contribution in [3.05, 3.63) is 30.1 Å². The molecular weight excluding hydrogens is 188 g/mol. The molecular formula is C9H13ClN2O. The molecule has 0 amide bonds. The van der Waals surface area contributed by atoms with Crippen LogP contribution in [0.15, 0.2) is 24.5 Å². The van der Waals surface area contributed by atoms with Crippen LogP contribution in [0.2, 0.25) is 0 Å². The topological polar surface area (TPSA) is 48.1 Å². The Bertz CT molecular complexity index is 260. The molecule has 2 rings (SSSR count). The lowest BCUT2D eigenvalue weighted by atomic mass is 9.91. The second-order valence-electron chi connectivity index (χ2n) is 3.19. The van der Waals surface area contributed by atoms with Crippen molar-refractivity contribution < 1.29 is 4.74 Å². The number of aromatic nitrogens is 1. The molecule has 1 atom stereocenters. The Morgan fingerprint density at radius 3 is 2.62 bits per heavy atom. The van der Waals surface area contributed by atoms with E-state index < -0.39 is 0 Å². The molecule has 0 saturated carbocycles. The molecule has 0 bridgehead atoms. The highest BCUT2D eigenvalue weighted by molar-refractivity contribution is 5.85. The number of pyridine rings is 1. The van der Waals surface area contributed by atoms with Gasteiger partial charge in [-0.25, -0.2) is 0 Å². The van der Waals surface area contributed by atoms with Gasteiger partial charge in [0.05, 0.1) is 12.1 Å². The molecule has 1 saturated heterocycles. The molecule has 2 heterocycles. The number of nitrogens with two attached hydrogens (primary N) is 1. The van der Waals surface area contributed by atoms with E-state index in [2.05, 4.69) is 4.98 Å². The minimum absolute atomic E-state index is 0. The van der Waals surface area contributed by atoms with Crippen molar-refractivity contribution in [2.24, 2.45) is 5.73 Å². The second kappa shape index (κ2) is 4.05. The standard InChI is InChI=1S/C9H12N2O.ClH/c10-9(3-6-12-7-9)8-1-4-11-5-2-8;/h1-2,4-5H,3,6-7,10H2;1H. The first kappa shape index (κ1) is 10.4. The summed E-state index contributed by atoms with van der Waals surface area (Å²) in [5.41, 5.74) is 6.97. The van der Waals surface area contributed by atoms with E-state index in [4.69, 9.17) is 10.5 Å². The predicted octanol–water partition coefficient (Wildman–Crippen LogP) is 1.08. The van der Waals surface area contributed by atoms with Crippen LogP contribution < -0.4 is 5.73 Å². The van der Waals surface area contributed by atoms with Crippen LogP contribution in [0, 0.1) is 0 Å². The summed E-state index contributed by atoms with van der Waals surface area (Å²) in [6.45, 7) is 1.38. The molecule has 1 fully saturated rings. The Hall–Kier alpha value is -0.640. The van der Waals surface area contributed by atoms with Crippen molar-refractivity contribution >= 4 is 12.4 Å². The van der Waals surface area contributed by atoms with Gasteiger partial charge in [0.15, 0.2) is 0 Å². The SMILES string of the molecule is Cl.NC1(c2ccncc2)CCOC1. The lowest BCUT2D eigenvalue weighted by Crippen LogP contribution is -2.36. The highest BCUT2D eigenvalue weighted by Gasteiger charge is 2.31. The minimum atomic E-state index is -0.275. The van der Waals surface area contributed by atoms with Gasteiger partial charge in [-0.05, 0) is 24.1 Å². The quantitative estimate of drug-likeness (QED) is 0.738. The van der Waals surface area contributed by atoms with Crippen LogP contribution in [0.25, 0.3) is 0 Å². The number of ether oxygens (including phenoxy) is 1. The first-order valence-corrected chi connectivity index (χ1v) is 4.08. The maximum atomic E-state index is 6.13. The summed E-state index contributed by atoms with van der Waals surface area (Å²) in [5, 5.41) is 0. The van der Waals surface area contributed by atoms with Crippen LogP contribution in [-0.2, 0) is 10.3 Å². The molecule has 0 aliphatic carbocycles. The maximum Gasteiger partial charge on any atom is 0.0689 e. The molecule has 0 spiro atoms. The van der Waals surface area contributed by atoms with E-state index in [1.165, 1.54) is 0 Å². The van der Waals surface area contributed by atoms with Gasteiger partial charge in [-0.3, -0.25) is 4.98 Å². The van der Waals surface area contributed by atoms with Gasteiger partial charge in [-0.1, -0.05) is 0 Å². The normalized spacial score (nSPS) is 26.8. The lowest BCUT2D eigenvalue weighted by molar-refractivity contribution is 0.178. The molecule has 1 aromatic rings. The maximum absolute atomic E-state index is 6.13. The van der Waals surface area contributed by atoms with Crippen LogP contribution in [0.1, 0.15) is 12.0 Å². The van der Waals surface area contributed by atoms with E-state index in [0.717, 1.165) is 18.6 Å². The van der Waals surface area contributed by atoms with Crippen LogP contribution in [-0.4, -0.2) is 18.2 Å². The molecule has 13 heavy (non-hydrogen) atoms. The summed E-state index contributed by atoms with van der Waals surface area (Å²) < 4.78 is 5.27. The number of rotatable bonds is 1. The van der Waals surface area contributed by atoms with Crippen molar-refractivity contribution in [3.63, 3.8) is 0 Å². The lowest BCUT2D eigenvalue weighted by Gasteiger charge is -2.21. The molecule has 72 valence electrons. The van der Waals surface area contributed by atoms with Crippen LogP contribution in [0.4, 0.5) is 0 Å². The van der Waals surface area contributed by atoms with Crippen molar-refractivity contribution in [2.75, 3.05) is 13.2 Å². The van der Waals surface area contributed by atoms with Crippen molar-refractivity contribution in [2.45, 2.75) is 12.0 Å². The molecule has 2 N–H and O–H groups in total. The predicted molar refractivity (Wildman–Crippen MR) is 52.8 cm³/mol. The van der Waals surface area contributed by atoms with Crippen LogP contribution >= 0.6 is 12.4 Å². The Labute approximate surface area is 83.7 Å². The van der Waals surface area contributed by atoms with Gasteiger partial charge in [0.2, 0.25) is 0 Å². The first-order chi connectivity index (χ1) is 5.81. The number of hydrogen-bond donors (Lipinski definition) is 1. The summed E-state index contributed by atoms with van der Waals surface area (Å²) >= 11 is 0. The molecule has 0 radical (unpaired) electrons.